The lowest BCUT2D eigenvalue weighted by atomic mass is 10.1. The van der Waals surface area contributed by atoms with Gasteiger partial charge in [0, 0.05) is 12.4 Å². The molecule has 0 saturated carbocycles. The summed E-state index contributed by atoms with van der Waals surface area (Å²) in [6, 6.07) is 12.4. The van der Waals surface area contributed by atoms with Crippen molar-refractivity contribution >= 4 is 16.7 Å². The summed E-state index contributed by atoms with van der Waals surface area (Å²) in [4.78, 5) is 25.3. The van der Waals surface area contributed by atoms with Crippen molar-refractivity contribution in [3.8, 4) is 11.5 Å². The Balaban J connectivity index is 1.87. The fourth-order valence-electron chi connectivity index (χ4n) is 3.27. The second-order valence-corrected chi connectivity index (χ2v) is 7.42. The van der Waals surface area contributed by atoms with Crippen LogP contribution in [-0.4, -0.2) is 28.9 Å². The predicted octanol–water partition coefficient (Wildman–Crippen LogP) is 4.00. The molecule has 0 spiro atoms. The van der Waals surface area contributed by atoms with Gasteiger partial charge in [0.25, 0.3) is 11.5 Å². The van der Waals surface area contributed by atoms with Gasteiger partial charge >= 0.3 is 0 Å². The van der Waals surface area contributed by atoms with E-state index in [9.17, 15) is 9.59 Å². The molecule has 31 heavy (non-hydrogen) atoms. The standard InChI is InChI=1S/C24H29N3O4/c1-5-13-30-20-12-11-17(15-21(20)31-14-6-2)16(3)25-23(28)22-18-9-7-8-10-19(18)24(29)27(4)26-22/h7-12,15-16H,5-6,13-14H2,1-4H3,(H,25,28)/t16-/m0/s1. The van der Waals surface area contributed by atoms with Crippen molar-refractivity contribution in [3.63, 3.8) is 0 Å². The minimum atomic E-state index is -0.346. The number of amides is 1. The molecular formula is C24H29N3O4. The number of nitrogens with one attached hydrogen (secondary N) is 1. The Morgan fingerprint density at radius 1 is 1.03 bits per heavy atom. The third-order valence-electron chi connectivity index (χ3n) is 4.91. The minimum absolute atomic E-state index is 0.218. The molecule has 2 aromatic carbocycles. The second kappa shape index (κ2) is 10.1. The second-order valence-electron chi connectivity index (χ2n) is 7.42. The van der Waals surface area contributed by atoms with Crippen molar-refractivity contribution in [1.82, 2.24) is 15.1 Å². The van der Waals surface area contributed by atoms with Gasteiger partial charge in [-0.2, -0.15) is 5.10 Å². The molecule has 0 unspecified atom stereocenters. The van der Waals surface area contributed by atoms with E-state index in [0.29, 0.717) is 35.5 Å². The molecule has 1 N–H and O–H groups in total. The first-order valence-corrected chi connectivity index (χ1v) is 10.6. The van der Waals surface area contributed by atoms with Gasteiger partial charge in [-0.1, -0.05) is 38.1 Å². The van der Waals surface area contributed by atoms with Gasteiger partial charge in [0.2, 0.25) is 0 Å². The van der Waals surface area contributed by atoms with E-state index in [0.717, 1.165) is 18.4 Å². The van der Waals surface area contributed by atoms with Crippen LogP contribution in [0.15, 0.2) is 47.3 Å². The number of benzene rings is 2. The van der Waals surface area contributed by atoms with Gasteiger partial charge in [-0.3, -0.25) is 9.59 Å². The van der Waals surface area contributed by atoms with Crippen LogP contribution in [0.5, 0.6) is 11.5 Å². The Morgan fingerprint density at radius 3 is 2.35 bits per heavy atom. The van der Waals surface area contributed by atoms with E-state index in [-0.39, 0.29) is 23.2 Å². The summed E-state index contributed by atoms with van der Waals surface area (Å²) in [5.74, 6) is 1.02. The van der Waals surface area contributed by atoms with Crippen LogP contribution in [0, 0.1) is 0 Å². The van der Waals surface area contributed by atoms with Gasteiger partial charge in [0.1, 0.15) is 0 Å². The average molecular weight is 424 g/mol. The minimum Gasteiger partial charge on any atom is -0.490 e. The summed E-state index contributed by atoms with van der Waals surface area (Å²) >= 11 is 0. The highest BCUT2D eigenvalue weighted by Gasteiger charge is 2.19. The van der Waals surface area contributed by atoms with Crippen molar-refractivity contribution < 1.29 is 14.3 Å². The molecule has 0 fully saturated rings. The molecule has 7 heteroatoms. The number of rotatable bonds is 9. The highest BCUT2D eigenvalue weighted by molar-refractivity contribution is 6.04. The lowest BCUT2D eigenvalue weighted by Gasteiger charge is -2.18. The number of aromatic nitrogens is 2. The van der Waals surface area contributed by atoms with Gasteiger partial charge in [-0.25, -0.2) is 4.68 Å². The van der Waals surface area contributed by atoms with Crippen LogP contribution in [0.4, 0.5) is 0 Å². The molecule has 0 aliphatic heterocycles. The third-order valence-corrected chi connectivity index (χ3v) is 4.91. The van der Waals surface area contributed by atoms with Gasteiger partial charge in [0.05, 0.1) is 24.6 Å². The molecule has 0 radical (unpaired) electrons. The fraction of sp³-hybridized carbons (Fsp3) is 0.375. The van der Waals surface area contributed by atoms with E-state index >= 15 is 0 Å². The van der Waals surface area contributed by atoms with E-state index in [1.54, 1.807) is 31.3 Å². The largest absolute Gasteiger partial charge is 0.490 e. The quantitative estimate of drug-likeness (QED) is 0.562. The van der Waals surface area contributed by atoms with Crippen molar-refractivity contribution in [2.24, 2.45) is 7.05 Å². The van der Waals surface area contributed by atoms with Gasteiger partial charge in [-0.05, 0) is 43.5 Å². The Labute approximate surface area is 182 Å². The monoisotopic (exact) mass is 423 g/mol. The molecule has 1 heterocycles. The summed E-state index contributed by atoms with van der Waals surface area (Å²) in [6.45, 7) is 7.19. The molecule has 1 amide bonds. The summed E-state index contributed by atoms with van der Waals surface area (Å²) < 4.78 is 12.8. The molecule has 0 saturated heterocycles. The first-order valence-electron chi connectivity index (χ1n) is 10.6. The predicted molar refractivity (Wildman–Crippen MR) is 121 cm³/mol. The molecule has 0 aliphatic rings. The van der Waals surface area contributed by atoms with Gasteiger partial charge in [0.15, 0.2) is 17.2 Å². The first kappa shape index (κ1) is 22.3. The van der Waals surface area contributed by atoms with Crippen LogP contribution in [-0.2, 0) is 7.05 Å². The molecule has 7 nitrogen and oxygen atoms in total. The van der Waals surface area contributed by atoms with E-state index in [1.165, 1.54) is 4.68 Å². The number of hydrogen-bond donors (Lipinski definition) is 1. The van der Waals surface area contributed by atoms with Crippen molar-refractivity contribution in [3.05, 3.63) is 64.1 Å². The summed E-state index contributed by atoms with van der Waals surface area (Å²) in [5.41, 5.74) is 0.868. The summed E-state index contributed by atoms with van der Waals surface area (Å²) in [6.07, 6.45) is 1.79. The SMILES string of the molecule is CCCOc1ccc([C@H](C)NC(=O)c2nn(C)c(=O)c3ccccc23)cc1OCCC. The summed E-state index contributed by atoms with van der Waals surface area (Å²) in [7, 11) is 1.54. The Morgan fingerprint density at radius 2 is 1.68 bits per heavy atom. The number of carbonyl (C=O) groups is 1. The molecule has 0 bridgehead atoms. The number of aryl methyl sites for hydroxylation is 1. The Hall–Kier alpha value is -3.35. The van der Waals surface area contributed by atoms with Crippen molar-refractivity contribution in [2.75, 3.05) is 13.2 Å². The van der Waals surface area contributed by atoms with Crippen LogP contribution in [0.25, 0.3) is 10.8 Å². The van der Waals surface area contributed by atoms with E-state index < -0.39 is 0 Å². The topological polar surface area (TPSA) is 82.5 Å². The number of ether oxygens (including phenoxy) is 2. The van der Waals surface area contributed by atoms with Gasteiger partial charge in [-0.15, -0.1) is 0 Å². The molecule has 0 aliphatic carbocycles. The maximum atomic E-state index is 13.0. The molecular weight excluding hydrogens is 394 g/mol. The van der Waals surface area contributed by atoms with Crippen LogP contribution in [0.1, 0.15) is 55.7 Å². The number of carbonyl (C=O) groups excluding carboxylic acids is 1. The lowest BCUT2D eigenvalue weighted by molar-refractivity contribution is 0.0934. The lowest BCUT2D eigenvalue weighted by Crippen LogP contribution is -2.31. The first-order chi connectivity index (χ1) is 15.0. The Kier molecular flexibility index (Phi) is 7.28. The van der Waals surface area contributed by atoms with Gasteiger partial charge < -0.3 is 14.8 Å². The number of fused-ring (bicyclic) bond motifs is 1. The zero-order chi connectivity index (χ0) is 22.4. The molecule has 3 aromatic rings. The zero-order valence-corrected chi connectivity index (χ0v) is 18.5. The van der Waals surface area contributed by atoms with Crippen LogP contribution in [0.3, 0.4) is 0 Å². The third kappa shape index (κ3) is 5.05. The molecule has 1 aromatic heterocycles. The fourth-order valence-corrected chi connectivity index (χ4v) is 3.27. The average Bonchev–Trinajstić information content (AvgIpc) is 2.78. The van der Waals surface area contributed by atoms with E-state index in [2.05, 4.69) is 17.3 Å². The number of nitrogens with zero attached hydrogens (tertiary/aromatic N) is 2. The maximum Gasteiger partial charge on any atom is 0.274 e. The highest BCUT2D eigenvalue weighted by Crippen LogP contribution is 2.31. The van der Waals surface area contributed by atoms with E-state index in [1.807, 2.05) is 32.0 Å². The Bertz CT molecular complexity index is 1120. The van der Waals surface area contributed by atoms with Crippen molar-refractivity contribution in [2.45, 2.75) is 39.7 Å². The highest BCUT2D eigenvalue weighted by atomic mass is 16.5. The zero-order valence-electron chi connectivity index (χ0n) is 18.5. The molecule has 164 valence electrons. The normalized spacial score (nSPS) is 11.9. The molecule has 3 rings (SSSR count). The maximum absolute atomic E-state index is 13.0. The van der Waals surface area contributed by atoms with E-state index in [4.69, 9.17) is 9.47 Å². The van der Waals surface area contributed by atoms with Crippen LogP contribution in [0.2, 0.25) is 0 Å². The summed E-state index contributed by atoms with van der Waals surface area (Å²) in [5, 5.41) is 8.18. The van der Waals surface area contributed by atoms with Crippen LogP contribution < -0.4 is 20.3 Å². The van der Waals surface area contributed by atoms with Crippen LogP contribution >= 0.6 is 0 Å². The van der Waals surface area contributed by atoms with Crippen molar-refractivity contribution in [1.29, 1.82) is 0 Å². The smallest absolute Gasteiger partial charge is 0.274 e. The molecule has 1 atom stereocenters. The number of hydrogen-bond acceptors (Lipinski definition) is 5.